The molecule has 1 saturated heterocycles. The van der Waals surface area contributed by atoms with Crippen molar-refractivity contribution in [1.82, 2.24) is 19.6 Å². The number of nitrogens with zero attached hydrogens (tertiary/aromatic N) is 3. The van der Waals surface area contributed by atoms with Crippen LogP contribution in [0.3, 0.4) is 0 Å². The zero-order valence-electron chi connectivity index (χ0n) is 14.5. The number of amides is 2. The number of halogens is 2. The van der Waals surface area contributed by atoms with E-state index >= 15 is 0 Å². The summed E-state index contributed by atoms with van der Waals surface area (Å²) >= 11 is 0. The Balaban J connectivity index is 0.00000169. The van der Waals surface area contributed by atoms with Gasteiger partial charge < -0.3 is 20.4 Å². The van der Waals surface area contributed by atoms with Gasteiger partial charge in [0.2, 0.25) is 5.91 Å². The van der Waals surface area contributed by atoms with Gasteiger partial charge >= 0.3 is 0 Å². The molecular weight excluding hydrogens is 377 g/mol. The zero-order chi connectivity index (χ0) is 16.9. The van der Waals surface area contributed by atoms with Gasteiger partial charge in [0.15, 0.2) is 0 Å². The van der Waals surface area contributed by atoms with Gasteiger partial charge in [-0.3, -0.25) is 9.59 Å². The Morgan fingerprint density at radius 1 is 1.27 bits per heavy atom. The van der Waals surface area contributed by atoms with Crippen molar-refractivity contribution in [2.45, 2.75) is 31.7 Å². The molecule has 2 aromatic heterocycles. The third-order valence-corrected chi connectivity index (χ3v) is 4.43. The Labute approximate surface area is 165 Å². The van der Waals surface area contributed by atoms with E-state index in [1.54, 1.807) is 6.20 Å². The molecule has 3 N–H and O–H groups in total. The minimum atomic E-state index is -0.0599. The predicted octanol–water partition coefficient (Wildman–Crippen LogP) is 1.64. The number of carbonyl (C=O) groups is 2. The smallest absolute Gasteiger partial charge is 0.255 e. The number of fused-ring (bicyclic) bond motifs is 1. The topological polar surface area (TPSA) is 92.7 Å². The first-order valence-corrected chi connectivity index (χ1v) is 8.39. The fourth-order valence-corrected chi connectivity index (χ4v) is 3.14. The number of likely N-dealkylation sites (tertiary alicyclic amines) is 1. The number of rotatable bonds is 5. The van der Waals surface area contributed by atoms with Crippen molar-refractivity contribution < 1.29 is 9.59 Å². The Hall–Kier alpha value is -1.83. The summed E-state index contributed by atoms with van der Waals surface area (Å²) in [4.78, 5) is 30.6. The van der Waals surface area contributed by atoms with E-state index in [0.29, 0.717) is 25.1 Å². The van der Waals surface area contributed by atoms with Gasteiger partial charge in [-0.1, -0.05) is 0 Å². The number of piperidine rings is 1. The van der Waals surface area contributed by atoms with Crippen LogP contribution in [-0.4, -0.2) is 51.8 Å². The Bertz CT molecular complexity index is 737. The second-order valence-electron chi connectivity index (χ2n) is 6.10. The van der Waals surface area contributed by atoms with Crippen LogP contribution in [0.15, 0.2) is 30.7 Å². The molecule has 0 aliphatic carbocycles. The van der Waals surface area contributed by atoms with Crippen molar-refractivity contribution in [1.29, 1.82) is 0 Å². The average molecular weight is 402 g/mol. The van der Waals surface area contributed by atoms with Gasteiger partial charge in [0.25, 0.3) is 5.91 Å². The fourth-order valence-electron chi connectivity index (χ4n) is 3.14. The standard InChI is InChI=1S/C17H23N5O2.2ClH/c18-7-6-16(23)20-11-14-3-1-2-9-22(14)17(24)13-4-5-15-19-8-10-21(15)12-13;;/h4-5,8,10,12,14H,1-3,6-7,9,11,18H2,(H,20,23);2*1H. The first-order valence-electron chi connectivity index (χ1n) is 8.39. The first kappa shape index (κ1) is 22.2. The van der Waals surface area contributed by atoms with Crippen molar-refractivity contribution in [2.24, 2.45) is 5.73 Å². The predicted molar refractivity (Wildman–Crippen MR) is 105 cm³/mol. The van der Waals surface area contributed by atoms with Gasteiger partial charge in [-0.2, -0.15) is 0 Å². The maximum absolute atomic E-state index is 12.9. The molecule has 144 valence electrons. The fraction of sp³-hybridized carbons (Fsp3) is 0.471. The highest BCUT2D eigenvalue weighted by molar-refractivity contribution is 5.94. The largest absolute Gasteiger partial charge is 0.354 e. The highest BCUT2D eigenvalue weighted by Gasteiger charge is 2.27. The van der Waals surface area contributed by atoms with Crippen molar-refractivity contribution in [2.75, 3.05) is 19.6 Å². The van der Waals surface area contributed by atoms with Gasteiger partial charge in [-0.25, -0.2) is 4.98 Å². The van der Waals surface area contributed by atoms with E-state index in [-0.39, 0.29) is 42.7 Å². The molecule has 7 nitrogen and oxygen atoms in total. The van der Waals surface area contributed by atoms with Crippen molar-refractivity contribution >= 4 is 42.3 Å². The maximum Gasteiger partial charge on any atom is 0.255 e. The van der Waals surface area contributed by atoms with E-state index in [0.717, 1.165) is 31.5 Å². The minimum Gasteiger partial charge on any atom is -0.354 e. The van der Waals surface area contributed by atoms with Crippen LogP contribution in [0.5, 0.6) is 0 Å². The van der Waals surface area contributed by atoms with E-state index in [1.165, 1.54) is 0 Å². The molecule has 1 unspecified atom stereocenters. The van der Waals surface area contributed by atoms with Crippen molar-refractivity contribution in [3.63, 3.8) is 0 Å². The van der Waals surface area contributed by atoms with E-state index in [4.69, 9.17) is 5.73 Å². The molecule has 0 radical (unpaired) electrons. The number of imidazole rings is 1. The molecule has 0 bridgehead atoms. The lowest BCUT2D eigenvalue weighted by molar-refractivity contribution is -0.121. The molecule has 1 aliphatic heterocycles. The highest BCUT2D eigenvalue weighted by atomic mass is 35.5. The molecule has 26 heavy (non-hydrogen) atoms. The number of hydrogen-bond acceptors (Lipinski definition) is 4. The summed E-state index contributed by atoms with van der Waals surface area (Å²) in [6, 6.07) is 3.69. The van der Waals surface area contributed by atoms with E-state index in [2.05, 4.69) is 10.3 Å². The second-order valence-corrected chi connectivity index (χ2v) is 6.10. The van der Waals surface area contributed by atoms with E-state index in [1.807, 2.05) is 33.8 Å². The molecule has 2 aromatic rings. The number of carbonyl (C=O) groups excluding carboxylic acids is 2. The highest BCUT2D eigenvalue weighted by Crippen LogP contribution is 2.19. The molecule has 3 heterocycles. The van der Waals surface area contributed by atoms with Gasteiger partial charge in [0.1, 0.15) is 5.65 Å². The van der Waals surface area contributed by atoms with E-state index in [9.17, 15) is 9.59 Å². The Kier molecular flexibility index (Phi) is 8.84. The van der Waals surface area contributed by atoms with Gasteiger partial charge in [0.05, 0.1) is 5.56 Å². The molecule has 1 aliphatic rings. The van der Waals surface area contributed by atoms with Crippen LogP contribution in [-0.2, 0) is 4.79 Å². The molecule has 1 fully saturated rings. The Morgan fingerprint density at radius 3 is 2.85 bits per heavy atom. The molecule has 1 atom stereocenters. The number of nitrogens with two attached hydrogens (primary N) is 1. The Morgan fingerprint density at radius 2 is 2.08 bits per heavy atom. The number of hydrogen-bond donors (Lipinski definition) is 2. The molecule has 0 aromatic carbocycles. The molecule has 0 saturated carbocycles. The zero-order valence-corrected chi connectivity index (χ0v) is 16.1. The third kappa shape index (κ3) is 5.09. The van der Waals surface area contributed by atoms with Crippen LogP contribution in [0.1, 0.15) is 36.0 Å². The molecule has 0 spiro atoms. The lowest BCUT2D eigenvalue weighted by atomic mass is 10.0. The summed E-state index contributed by atoms with van der Waals surface area (Å²) in [6.07, 6.45) is 8.63. The molecule has 2 amide bonds. The summed E-state index contributed by atoms with van der Waals surface area (Å²) in [6.45, 7) is 1.54. The summed E-state index contributed by atoms with van der Waals surface area (Å²) in [7, 11) is 0. The SMILES string of the molecule is Cl.Cl.NCCC(=O)NCC1CCCCN1C(=O)c1ccc2nccn2c1. The third-order valence-electron chi connectivity index (χ3n) is 4.43. The molecular formula is C17H25Cl2N5O2. The van der Waals surface area contributed by atoms with Crippen LogP contribution in [0.2, 0.25) is 0 Å². The average Bonchev–Trinajstić information content (AvgIpc) is 3.07. The van der Waals surface area contributed by atoms with Gasteiger partial charge in [-0.15, -0.1) is 24.8 Å². The first-order chi connectivity index (χ1) is 11.7. The second kappa shape index (κ2) is 10.4. The summed E-state index contributed by atoms with van der Waals surface area (Å²) in [5, 5.41) is 2.89. The summed E-state index contributed by atoms with van der Waals surface area (Å²) < 4.78 is 1.84. The van der Waals surface area contributed by atoms with Gasteiger partial charge in [0, 0.05) is 50.7 Å². The summed E-state index contributed by atoms with van der Waals surface area (Å²) in [5.41, 5.74) is 6.85. The maximum atomic E-state index is 12.9. The normalized spacial score (nSPS) is 16.5. The van der Waals surface area contributed by atoms with E-state index < -0.39 is 0 Å². The quantitative estimate of drug-likeness (QED) is 0.795. The van der Waals surface area contributed by atoms with Crippen molar-refractivity contribution in [3.05, 3.63) is 36.3 Å². The van der Waals surface area contributed by atoms with Crippen LogP contribution >= 0.6 is 24.8 Å². The number of pyridine rings is 1. The van der Waals surface area contributed by atoms with Crippen LogP contribution in [0.25, 0.3) is 5.65 Å². The van der Waals surface area contributed by atoms with Crippen molar-refractivity contribution in [3.8, 4) is 0 Å². The molecule has 9 heteroatoms. The van der Waals surface area contributed by atoms with Crippen LogP contribution < -0.4 is 11.1 Å². The molecule has 3 rings (SSSR count). The number of nitrogens with one attached hydrogen (secondary N) is 1. The lowest BCUT2D eigenvalue weighted by Crippen LogP contribution is -2.49. The number of aromatic nitrogens is 2. The summed E-state index contributed by atoms with van der Waals surface area (Å²) in [5.74, 6) is -0.0568. The van der Waals surface area contributed by atoms with Gasteiger partial charge in [-0.05, 0) is 31.4 Å². The van der Waals surface area contributed by atoms with Crippen LogP contribution in [0, 0.1) is 0 Å². The van der Waals surface area contributed by atoms with Crippen LogP contribution in [0.4, 0.5) is 0 Å². The monoisotopic (exact) mass is 401 g/mol. The lowest BCUT2D eigenvalue weighted by Gasteiger charge is -2.36. The minimum absolute atomic E-state index is 0.